The van der Waals surface area contributed by atoms with Crippen LogP contribution in [0.4, 0.5) is 0 Å². The molecule has 0 aromatic carbocycles. The first kappa shape index (κ1) is 9.70. The molecule has 1 heteroatoms. The fourth-order valence-corrected chi connectivity index (χ4v) is 0.183. The van der Waals surface area contributed by atoms with Gasteiger partial charge in [-0.05, 0) is 5.92 Å². The second-order valence-electron chi connectivity index (χ2n) is 1.76. The van der Waals surface area contributed by atoms with E-state index in [2.05, 4.69) is 6.07 Å². The Bertz CT molecular complexity index is 59.1. The Morgan fingerprint density at radius 3 is 2.00 bits per heavy atom. The lowest BCUT2D eigenvalue weighted by Gasteiger charge is -1.88. The van der Waals surface area contributed by atoms with Crippen molar-refractivity contribution in [1.82, 2.24) is 0 Å². The molecule has 0 aliphatic carbocycles. The van der Waals surface area contributed by atoms with Crippen molar-refractivity contribution in [2.45, 2.75) is 27.7 Å². The first-order valence-corrected chi connectivity index (χ1v) is 2.14. The summed E-state index contributed by atoms with van der Waals surface area (Å²) in [4.78, 5) is 0. The summed E-state index contributed by atoms with van der Waals surface area (Å²) in [5.41, 5.74) is 0. The van der Waals surface area contributed by atoms with Gasteiger partial charge in [0.05, 0.1) is 6.07 Å². The number of nitrogens with zero attached hydrogens (tertiary/aromatic N) is 1. The summed E-state index contributed by atoms with van der Waals surface area (Å²) < 4.78 is 0. The fraction of sp³-hybridized carbons (Fsp3) is 0.833. The van der Waals surface area contributed by atoms with Crippen molar-refractivity contribution in [2.75, 3.05) is 0 Å². The minimum Gasteiger partial charge on any atom is -0.198 e. The number of nitriles is 1. The fourth-order valence-electron chi connectivity index (χ4n) is 0.183. The van der Waals surface area contributed by atoms with Crippen molar-refractivity contribution in [3.63, 3.8) is 0 Å². The van der Waals surface area contributed by atoms with Gasteiger partial charge < -0.3 is 0 Å². The normalized spacial score (nSPS) is 7.14. The van der Waals surface area contributed by atoms with Gasteiger partial charge in [0.2, 0.25) is 0 Å². The molecule has 0 spiro atoms. The number of hydrogen-bond acceptors (Lipinski definition) is 1. The highest BCUT2D eigenvalue weighted by Crippen LogP contribution is 1.94. The van der Waals surface area contributed by atoms with Crippen molar-refractivity contribution in [3.8, 4) is 6.07 Å². The molecule has 0 amide bonds. The molecule has 0 fully saturated rings. The van der Waals surface area contributed by atoms with Crippen LogP contribution in [0, 0.1) is 17.2 Å². The van der Waals surface area contributed by atoms with Crippen LogP contribution in [0.5, 0.6) is 0 Å². The molecule has 0 aliphatic heterocycles. The highest BCUT2D eigenvalue weighted by atomic mass is 14.2. The molecule has 0 unspecified atom stereocenters. The van der Waals surface area contributed by atoms with Crippen LogP contribution >= 0.6 is 0 Å². The molecule has 1 nitrogen and oxygen atoms in total. The average molecular weight is 99.2 g/mol. The molecule has 0 N–H and O–H groups in total. The number of rotatable bonds is 1. The maximum atomic E-state index is 7.99. The predicted molar refractivity (Wildman–Crippen MR) is 31.8 cm³/mol. The van der Waals surface area contributed by atoms with Gasteiger partial charge in [0.25, 0.3) is 0 Å². The van der Waals surface area contributed by atoms with Gasteiger partial charge in [-0.2, -0.15) is 5.26 Å². The van der Waals surface area contributed by atoms with Gasteiger partial charge in [-0.1, -0.05) is 21.3 Å². The van der Waals surface area contributed by atoms with E-state index in [-0.39, 0.29) is 7.43 Å². The van der Waals surface area contributed by atoms with Gasteiger partial charge in [0, 0.05) is 6.42 Å². The Labute approximate surface area is 46.0 Å². The largest absolute Gasteiger partial charge is 0.198 e. The molecular weight excluding hydrogens is 86.1 g/mol. The van der Waals surface area contributed by atoms with E-state index in [0.29, 0.717) is 12.3 Å². The summed E-state index contributed by atoms with van der Waals surface area (Å²) in [6, 6.07) is 2.07. The molecule has 0 aromatic rings. The first-order chi connectivity index (χ1) is 2.77. The molecular formula is C6H13N. The van der Waals surface area contributed by atoms with Crippen molar-refractivity contribution >= 4 is 0 Å². The van der Waals surface area contributed by atoms with Crippen LogP contribution in [0.1, 0.15) is 27.7 Å². The van der Waals surface area contributed by atoms with Gasteiger partial charge in [-0.15, -0.1) is 0 Å². The second kappa shape index (κ2) is 5.49. The van der Waals surface area contributed by atoms with Crippen molar-refractivity contribution in [2.24, 2.45) is 5.92 Å². The Morgan fingerprint density at radius 1 is 1.57 bits per heavy atom. The Morgan fingerprint density at radius 2 is 2.00 bits per heavy atom. The van der Waals surface area contributed by atoms with E-state index in [9.17, 15) is 0 Å². The lowest BCUT2D eigenvalue weighted by Crippen LogP contribution is -1.79. The Balaban J connectivity index is 0. The van der Waals surface area contributed by atoms with Gasteiger partial charge in [-0.3, -0.25) is 0 Å². The van der Waals surface area contributed by atoms with E-state index >= 15 is 0 Å². The summed E-state index contributed by atoms with van der Waals surface area (Å²) in [6.07, 6.45) is 0.681. The van der Waals surface area contributed by atoms with E-state index < -0.39 is 0 Å². The zero-order chi connectivity index (χ0) is 4.99. The van der Waals surface area contributed by atoms with Crippen molar-refractivity contribution in [1.29, 1.82) is 5.26 Å². The molecule has 7 heavy (non-hydrogen) atoms. The summed E-state index contributed by atoms with van der Waals surface area (Å²) >= 11 is 0. The summed E-state index contributed by atoms with van der Waals surface area (Å²) in [7, 11) is 0. The average Bonchev–Trinajstić information content (AvgIpc) is 1.35. The SMILES string of the molecule is C.CC(C)CC#N. The zero-order valence-corrected chi connectivity index (χ0v) is 4.23. The van der Waals surface area contributed by atoms with Crippen molar-refractivity contribution < 1.29 is 0 Å². The van der Waals surface area contributed by atoms with Crippen LogP contribution < -0.4 is 0 Å². The maximum absolute atomic E-state index is 7.99. The molecule has 0 radical (unpaired) electrons. The van der Waals surface area contributed by atoms with Gasteiger partial charge >= 0.3 is 0 Å². The minimum absolute atomic E-state index is 0. The topological polar surface area (TPSA) is 23.8 Å². The monoisotopic (exact) mass is 99.1 g/mol. The van der Waals surface area contributed by atoms with Crippen LogP contribution in [0.25, 0.3) is 0 Å². The molecule has 0 aliphatic rings. The Hall–Kier alpha value is -0.510. The molecule has 42 valence electrons. The number of hydrogen-bond donors (Lipinski definition) is 0. The zero-order valence-electron chi connectivity index (χ0n) is 4.23. The van der Waals surface area contributed by atoms with Crippen LogP contribution in [0.3, 0.4) is 0 Å². The summed E-state index contributed by atoms with van der Waals surface area (Å²) in [5.74, 6) is 0.537. The highest BCUT2D eigenvalue weighted by molar-refractivity contribution is 4.69. The second-order valence-corrected chi connectivity index (χ2v) is 1.76. The van der Waals surface area contributed by atoms with E-state index in [4.69, 9.17) is 5.26 Å². The van der Waals surface area contributed by atoms with Gasteiger partial charge in [0.1, 0.15) is 0 Å². The van der Waals surface area contributed by atoms with Crippen LogP contribution in [-0.2, 0) is 0 Å². The minimum atomic E-state index is 0. The van der Waals surface area contributed by atoms with Gasteiger partial charge in [-0.25, -0.2) is 0 Å². The van der Waals surface area contributed by atoms with E-state index in [1.807, 2.05) is 13.8 Å². The molecule has 0 aromatic heterocycles. The molecule has 0 heterocycles. The predicted octanol–water partition coefficient (Wildman–Crippen LogP) is 2.19. The third-order valence-electron chi connectivity index (χ3n) is 0.500. The van der Waals surface area contributed by atoms with E-state index in [1.54, 1.807) is 0 Å². The third kappa shape index (κ3) is 10.8. The lowest BCUT2D eigenvalue weighted by molar-refractivity contribution is 0.671. The summed E-state index contributed by atoms with van der Waals surface area (Å²) in [5, 5.41) is 7.99. The smallest absolute Gasteiger partial charge is 0.0624 e. The van der Waals surface area contributed by atoms with Gasteiger partial charge in [0.15, 0.2) is 0 Å². The van der Waals surface area contributed by atoms with Crippen molar-refractivity contribution in [3.05, 3.63) is 0 Å². The quantitative estimate of drug-likeness (QED) is 0.494. The summed E-state index contributed by atoms with van der Waals surface area (Å²) in [6.45, 7) is 4.06. The lowest BCUT2D eigenvalue weighted by atomic mass is 10.2. The van der Waals surface area contributed by atoms with Crippen LogP contribution in [0.15, 0.2) is 0 Å². The first-order valence-electron chi connectivity index (χ1n) is 2.14. The molecule has 0 atom stereocenters. The molecule has 0 bridgehead atoms. The highest BCUT2D eigenvalue weighted by Gasteiger charge is 1.85. The van der Waals surface area contributed by atoms with Crippen LogP contribution in [0.2, 0.25) is 0 Å². The molecule has 0 rings (SSSR count). The standard InChI is InChI=1S/C5H9N.CH4/c1-5(2)3-4-6;/h5H,3H2,1-2H3;1H4. The Kier molecular flexibility index (Phi) is 7.61. The molecule has 0 saturated heterocycles. The van der Waals surface area contributed by atoms with E-state index in [0.717, 1.165) is 0 Å². The van der Waals surface area contributed by atoms with Crippen LogP contribution in [-0.4, -0.2) is 0 Å². The maximum Gasteiger partial charge on any atom is 0.0624 e. The van der Waals surface area contributed by atoms with E-state index in [1.165, 1.54) is 0 Å². The molecule has 0 saturated carbocycles. The third-order valence-corrected chi connectivity index (χ3v) is 0.500.